The Morgan fingerprint density at radius 2 is 1.69 bits per heavy atom. The molecule has 0 saturated carbocycles. The highest BCUT2D eigenvalue weighted by atomic mass is 16.5. The predicted octanol–water partition coefficient (Wildman–Crippen LogP) is 1.98. The molecule has 0 aliphatic carbocycles. The first-order valence-corrected chi connectivity index (χ1v) is 6.53. The molecule has 0 spiro atoms. The molecule has 0 amide bonds. The van der Waals surface area contributed by atoms with Gasteiger partial charge in [0.1, 0.15) is 0 Å². The lowest BCUT2D eigenvalue weighted by molar-refractivity contribution is 0.138. The summed E-state index contributed by atoms with van der Waals surface area (Å²) in [5, 5.41) is 3.60. The van der Waals surface area contributed by atoms with Gasteiger partial charge in [-0.05, 0) is 25.9 Å². The molecular formula is C13H30N2O. The van der Waals surface area contributed by atoms with Gasteiger partial charge >= 0.3 is 0 Å². The summed E-state index contributed by atoms with van der Waals surface area (Å²) in [5.74, 6) is 0.615. The van der Waals surface area contributed by atoms with Gasteiger partial charge in [0.15, 0.2) is 0 Å². The van der Waals surface area contributed by atoms with Crippen molar-refractivity contribution in [2.24, 2.45) is 5.92 Å². The van der Waals surface area contributed by atoms with Crippen LogP contribution in [0.1, 0.15) is 34.6 Å². The number of methoxy groups -OCH3 is 1. The Morgan fingerprint density at radius 3 is 2.06 bits per heavy atom. The second-order valence-electron chi connectivity index (χ2n) is 4.78. The van der Waals surface area contributed by atoms with E-state index in [1.807, 2.05) is 0 Å². The highest BCUT2D eigenvalue weighted by molar-refractivity contribution is 4.74. The van der Waals surface area contributed by atoms with Crippen LogP contribution in [0, 0.1) is 5.92 Å². The van der Waals surface area contributed by atoms with Gasteiger partial charge in [-0.2, -0.15) is 0 Å². The number of rotatable bonds is 9. The highest BCUT2D eigenvalue weighted by Crippen LogP contribution is 2.03. The Labute approximate surface area is 102 Å². The average molecular weight is 230 g/mol. The normalized spacial score (nSPS) is 15.8. The fraction of sp³-hybridized carbons (Fsp3) is 1.00. The van der Waals surface area contributed by atoms with E-state index in [0.29, 0.717) is 18.0 Å². The van der Waals surface area contributed by atoms with Crippen LogP contribution in [0.15, 0.2) is 0 Å². The Hall–Kier alpha value is -0.120. The van der Waals surface area contributed by atoms with Gasteiger partial charge in [0.25, 0.3) is 0 Å². The molecule has 0 fully saturated rings. The van der Waals surface area contributed by atoms with E-state index < -0.39 is 0 Å². The molecule has 16 heavy (non-hydrogen) atoms. The van der Waals surface area contributed by atoms with E-state index in [0.717, 1.165) is 26.2 Å². The van der Waals surface area contributed by atoms with Gasteiger partial charge in [-0.25, -0.2) is 0 Å². The lowest BCUT2D eigenvalue weighted by Gasteiger charge is -2.29. The summed E-state index contributed by atoms with van der Waals surface area (Å²) in [6, 6.07) is 1.05. The summed E-state index contributed by atoms with van der Waals surface area (Å²) in [5.41, 5.74) is 0. The van der Waals surface area contributed by atoms with Crippen molar-refractivity contribution >= 4 is 0 Å². The minimum absolute atomic E-state index is 0.461. The molecule has 0 heterocycles. The smallest absolute Gasteiger partial charge is 0.0618 e. The molecule has 2 atom stereocenters. The fourth-order valence-corrected chi connectivity index (χ4v) is 1.96. The van der Waals surface area contributed by atoms with E-state index in [4.69, 9.17) is 4.74 Å². The molecule has 3 heteroatoms. The van der Waals surface area contributed by atoms with Crippen LogP contribution in [-0.4, -0.2) is 50.3 Å². The lowest BCUT2D eigenvalue weighted by Crippen LogP contribution is -2.46. The summed E-state index contributed by atoms with van der Waals surface area (Å²) in [6.45, 7) is 15.3. The SMILES string of the molecule is CCN(CC)C(C)CNC(COC)C(C)C. The van der Waals surface area contributed by atoms with Crippen LogP contribution in [0.25, 0.3) is 0 Å². The van der Waals surface area contributed by atoms with Gasteiger partial charge in [0, 0.05) is 25.7 Å². The molecule has 1 N–H and O–H groups in total. The summed E-state index contributed by atoms with van der Waals surface area (Å²) < 4.78 is 5.23. The van der Waals surface area contributed by atoms with Gasteiger partial charge in [0.05, 0.1) is 6.61 Å². The van der Waals surface area contributed by atoms with E-state index in [1.165, 1.54) is 0 Å². The number of hydrogen-bond acceptors (Lipinski definition) is 3. The second-order valence-corrected chi connectivity index (χ2v) is 4.78. The summed E-state index contributed by atoms with van der Waals surface area (Å²) in [6.07, 6.45) is 0. The number of nitrogens with zero attached hydrogens (tertiary/aromatic N) is 1. The van der Waals surface area contributed by atoms with E-state index in [-0.39, 0.29) is 0 Å². The Balaban J connectivity index is 3.98. The molecule has 0 radical (unpaired) electrons. The van der Waals surface area contributed by atoms with E-state index in [9.17, 15) is 0 Å². The third-order valence-corrected chi connectivity index (χ3v) is 3.26. The zero-order valence-corrected chi connectivity index (χ0v) is 11.9. The van der Waals surface area contributed by atoms with Crippen LogP contribution in [0.5, 0.6) is 0 Å². The average Bonchev–Trinajstić information content (AvgIpc) is 2.25. The van der Waals surface area contributed by atoms with Crippen LogP contribution in [0.4, 0.5) is 0 Å². The molecule has 0 aromatic carbocycles. The number of hydrogen-bond donors (Lipinski definition) is 1. The van der Waals surface area contributed by atoms with Gasteiger partial charge in [-0.3, -0.25) is 4.90 Å². The van der Waals surface area contributed by atoms with Crippen molar-refractivity contribution in [1.29, 1.82) is 0 Å². The number of likely N-dealkylation sites (N-methyl/N-ethyl adjacent to an activating group) is 1. The maximum absolute atomic E-state index is 5.23. The van der Waals surface area contributed by atoms with Crippen molar-refractivity contribution < 1.29 is 4.74 Å². The lowest BCUT2D eigenvalue weighted by atomic mass is 10.1. The Bertz CT molecular complexity index is 158. The fourth-order valence-electron chi connectivity index (χ4n) is 1.96. The van der Waals surface area contributed by atoms with Gasteiger partial charge in [-0.1, -0.05) is 27.7 Å². The van der Waals surface area contributed by atoms with E-state index in [2.05, 4.69) is 44.8 Å². The van der Waals surface area contributed by atoms with Crippen molar-refractivity contribution in [1.82, 2.24) is 10.2 Å². The van der Waals surface area contributed by atoms with Crippen molar-refractivity contribution in [3.63, 3.8) is 0 Å². The largest absolute Gasteiger partial charge is 0.383 e. The summed E-state index contributed by atoms with van der Waals surface area (Å²) in [7, 11) is 1.77. The maximum Gasteiger partial charge on any atom is 0.0618 e. The van der Waals surface area contributed by atoms with Crippen molar-refractivity contribution in [3.05, 3.63) is 0 Å². The monoisotopic (exact) mass is 230 g/mol. The van der Waals surface area contributed by atoms with Crippen LogP contribution < -0.4 is 5.32 Å². The van der Waals surface area contributed by atoms with Crippen molar-refractivity contribution in [2.75, 3.05) is 33.4 Å². The molecule has 0 aromatic heterocycles. The zero-order chi connectivity index (χ0) is 12.6. The molecule has 0 aliphatic heterocycles. The first-order chi connectivity index (χ1) is 7.56. The third kappa shape index (κ3) is 5.83. The zero-order valence-electron chi connectivity index (χ0n) is 11.9. The molecule has 2 unspecified atom stereocenters. The molecule has 0 rings (SSSR count). The van der Waals surface area contributed by atoms with E-state index >= 15 is 0 Å². The molecule has 0 aliphatic rings. The first-order valence-electron chi connectivity index (χ1n) is 6.53. The Kier molecular flexibility index (Phi) is 8.90. The highest BCUT2D eigenvalue weighted by Gasteiger charge is 2.15. The quantitative estimate of drug-likeness (QED) is 0.655. The number of ether oxygens (including phenoxy) is 1. The van der Waals surface area contributed by atoms with Crippen LogP contribution in [0.3, 0.4) is 0 Å². The van der Waals surface area contributed by atoms with E-state index in [1.54, 1.807) is 7.11 Å². The minimum Gasteiger partial charge on any atom is -0.383 e. The summed E-state index contributed by atoms with van der Waals surface area (Å²) in [4.78, 5) is 2.47. The predicted molar refractivity (Wildman–Crippen MR) is 70.9 cm³/mol. The third-order valence-electron chi connectivity index (χ3n) is 3.26. The molecule has 98 valence electrons. The topological polar surface area (TPSA) is 24.5 Å². The molecule has 3 nitrogen and oxygen atoms in total. The van der Waals surface area contributed by atoms with Gasteiger partial charge in [0.2, 0.25) is 0 Å². The van der Waals surface area contributed by atoms with Crippen LogP contribution >= 0.6 is 0 Å². The van der Waals surface area contributed by atoms with Crippen molar-refractivity contribution in [3.8, 4) is 0 Å². The summed E-state index contributed by atoms with van der Waals surface area (Å²) >= 11 is 0. The van der Waals surface area contributed by atoms with Crippen LogP contribution in [0.2, 0.25) is 0 Å². The molecule has 0 bridgehead atoms. The maximum atomic E-state index is 5.23. The molecular weight excluding hydrogens is 200 g/mol. The van der Waals surface area contributed by atoms with Crippen LogP contribution in [-0.2, 0) is 4.74 Å². The minimum atomic E-state index is 0.461. The molecule has 0 aromatic rings. The standard InChI is InChI=1S/C13H30N2O/c1-7-15(8-2)12(5)9-14-13(10-16-6)11(3)4/h11-14H,7-10H2,1-6H3. The van der Waals surface area contributed by atoms with Gasteiger partial charge in [-0.15, -0.1) is 0 Å². The second kappa shape index (κ2) is 8.97. The molecule has 0 saturated heterocycles. The number of nitrogens with one attached hydrogen (secondary N) is 1. The van der Waals surface area contributed by atoms with Gasteiger partial charge < -0.3 is 10.1 Å². The van der Waals surface area contributed by atoms with Crippen molar-refractivity contribution in [2.45, 2.75) is 46.7 Å². The Morgan fingerprint density at radius 1 is 1.12 bits per heavy atom. The first kappa shape index (κ1) is 15.9.